The number of amides is 1. The van der Waals surface area contributed by atoms with E-state index in [4.69, 9.17) is 10.5 Å². The van der Waals surface area contributed by atoms with Crippen LogP contribution in [0, 0.1) is 6.92 Å². The molecular weight excluding hydrogens is 230 g/mol. The third-order valence-electron chi connectivity index (χ3n) is 2.72. The molecule has 0 spiro atoms. The molecule has 0 aliphatic rings. The standard InChI is InChI=1S/C13H15N3O2/c1-3-11-9(2)16(13(14)17)15-12(11)18-10-7-5-4-6-8-10/h4-8H,3H2,1-2H3,(H2,14,17). The number of aromatic nitrogens is 2. The fraction of sp³-hybridized carbons (Fsp3) is 0.231. The molecule has 2 N–H and O–H groups in total. The first kappa shape index (κ1) is 12.2. The second-order valence-electron chi connectivity index (χ2n) is 3.89. The van der Waals surface area contributed by atoms with Crippen molar-refractivity contribution in [1.82, 2.24) is 9.78 Å². The first-order valence-corrected chi connectivity index (χ1v) is 5.74. The minimum Gasteiger partial charge on any atom is -0.437 e. The van der Waals surface area contributed by atoms with E-state index in [-0.39, 0.29) is 0 Å². The summed E-state index contributed by atoms with van der Waals surface area (Å²) in [6, 6.07) is 8.71. The fourth-order valence-corrected chi connectivity index (χ4v) is 1.81. The van der Waals surface area contributed by atoms with Crippen LogP contribution in [-0.2, 0) is 6.42 Å². The van der Waals surface area contributed by atoms with Crippen LogP contribution in [0.3, 0.4) is 0 Å². The van der Waals surface area contributed by atoms with Crippen molar-refractivity contribution in [2.75, 3.05) is 0 Å². The molecule has 0 aliphatic heterocycles. The van der Waals surface area contributed by atoms with E-state index in [2.05, 4.69) is 5.10 Å². The van der Waals surface area contributed by atoms with Crippen LogP contribution < -0.4 is 10.5 Å². The fourth-order valence-electron chi connectivity index (χ4n) is 1.81. The molecule has 0 aliphatic carbocycles. The Bertz CT molecular complexity index is 561. The van der Waals surface area contributed by atoms with Crippen molar-refractivity contribution in [2.45, 2.75) is 20.3 Å². The Balaban J connectivity index is 2.39. The van der Waals surface area contributed by atoms with Crippen molar-refractivity contribution < 1.29 is 9.53 Å². The van der Waals surface area contributed by atoms with E-state index >= 15 is 0 Å². The van der Waals surface area contributed by atoms with Crippen molar-refractivity contribution in [3.05, 3.63) is 41.6 Å². The normalized spacial score (nSPS) is 10.3. The van der Waals surface area contributed by atoms with E-state index in [1.807, 2.05) is 37.3 Å². The summed E-state index contributed by atoms with van der Waals surface area (Å²) in [6.45, 7) is 3.78. The molecule has 1 heterocycles. The summed E-state index contributed by atoms with van der Waals surface area (Å²) in [5.74, 6) is 1.11. The average Bonchev–Trinajstić information content (AvgIpc) is 2.67. The van der Waals surface area contributed by atoms with E-state index in [0.29, 0.717) is 11.6 Å². The van der Waals surface area contributed by atoms with Gasteiger partial charge in [0.1, 0.15) is 5.75 Å². The van der Waals surface area contributed by atoms with Gasteiger partial charge in [0.05, 0.1) is 5.69 Å². The highest BCUT2D eigenvalue weighted by molar-refractivity contribution is 5.75. The average molecular weight is 245 g/mol. The number of rotatable bonds is 3. The van der Waals surface area contributed by atoms with E-state index in [1.54, 1.807) is 6.92 Å². The van der Waals surface area contributed by atoms with Crippen molar-refractivity contribution in [2.24, 2.45) is 5.73 Å². The summed E-state index contributed by atoms with van der Waals surface area (Å²) in [5, 5.41) is 4.10. The number of hydrogen-bond donors (Lipinski definition) is 1. The Labute approximate surface area is 105 Å². The van der Waals surface area contributed by atoms with Gasteiger partial charge in [-0.3, -0.25) is 0 Å². The van der Waals surface area contributed by atoms with E-state index in [1.165, 1.54) is 0 Å². The smallest absolute Gasteiger partial charge is 0.339 e. The zero-order chi connectivity index (χ0) is 13.1. The molecule has 5 heteroatoms. The maximum absolute atomic E-state index is 11.2. The van der Waals surface area contributed by atoms with Gasteiger partial charge in [-0.1, -0.05) is 25.1 Å². The zero-order valence-corrected chi connectivity index (χ0v) is 10.4. The minimum absolute atomic E-state index is 0.431. The van der Waals surface area contributed by atoms with Gasteiger partial charge in [0.2, 0.25) is 5.88 Å². The van der Waals surface area contributed by atoms with Gasteiger partial charge in [-0.05, 0) is 25.5 Å². The van der Waals surface area contributed by atoms with E-state index in [0.717, 1.165) is 22.4 Å². The van der Waals surface area contributed by atoms with Crippen LogP contribution >= 0.6 is 0 Å². The van der Waals surface area contributed by atoms with E-state index < -0.39 is 6.03 Å². The molecule has 0 radical (unpaired) electrons. The van der Waals surface area contributed by atoms with Gasteiger partial charge in [0.25, 0.3) is 0 Å². The Hall–Kier alpha value is -2.30. The SMILES string of the molecule is CCc1c(Oc2ccccc2)nn(C(N)=O)c1C. The first-order chi connectivity index (χ1) is 8.63. The van der Waals surface area contributed by atoms with Crippen molar-refractivity contribution in [3.8, 4) is 11.6 Å². The predicted octanol–water partition coefficient (Wildman–Crippen LogP) is 2.47. The monoisotopic (exact) mass is 245 g/mol. The van der Waals surface area contributed by atoms with Crippen molar-refractivity contribution >= 4 is 6.03 Å². The molecule has 1 aromatic heterocycles. The number of benzene rings is 1. The maximum atomic E-state index is 11.2. The molecule has 0 saturated heterocycles. The topological polar surface area (TPSA) is 70.1 Å². The molecule has 0 fully saturated rings. The van der Waals surface area contributed by atoms with Gasteiger partial charge in [-0.25, -0.2) is 4.79 Å². The number of primary amides is 1. The second-order valence-corrected chi connectivity index (χ2v) is 3.89. The van der Waals surface area contributed by atoms with Crippen LogP contribution in [0.1, 0.15) is 18.2 Å². The Morgan fingerprint density at radius 3 is 2.61 bits per heavy atom. The van der Waals surface area contributed by atoms with Gasteiger partial charge >= 0.3 is 6.03 Å². The lowest BCUT2D eigenvalue weighted by Gasteiger charge is -2.03. The molecule has 5 nitrogen and oxygen atoms in total. The predicted molar refractivity (Wildman–Crippen MR) is 67.8 cm³/mol. The molecule has 0 saturated carbocycles. The zero-order valence-electron chi connectivity index (χ0n) is 10.4. The highest BCUT2D eigenvalue weighted by atomic mass is 16.5. The summed E-state index contributed by atoms with van der Waals surface area (Å²) < 4.78 is 6.84. The first-order valence-electron chi connectivity index (χ1n) is 5.74. The molecule has 2 rings (SSSR count). The van der Waals surface area contributed by atoms with Crippen LogP contribution in [0.4, 0.5) is 4.79 Å². The molecule has 18 heavy (non-hydrogen) atoms. The molecule has 1 amide bonds. The van der Waals surface area contributed by atoms with Crippen LogP contribution in [0.15, 0.2) is 30.3 Å². The van der Waals surface area contributed by atoms with Crippen LogP contribution in [-0.4, -0.2) is 15.8 Å². The third-order valence-corrected chi connectivity index (χ3v) is 2.72. The van der Waals surface area contributed by atoms with Crippen LogP contribution in [0.25, 0.3) is 0 Å². The number of ether oxygens (including phenoxy) is 1. The number of para-hydroxylation sites is 1. The summed E-state index contributed by atoms with van der Waals surface area (Å²) >= 11 is 0. The Morgan fingerprint density at radius 2 is 2.06 bits per heavy atom. The van der Waals surface area contributed by atoms with Gasteiger partial charge in [-0.15, -0.1) is 5.10 Å². The molecule has 94 valence electrons. The quantitative estimate of drug-likeness (QED) is 0.903. The third kappa shape index (κ3) is 2.20. The lowest BCUT2D eigenvalue weighted by Crippen LogP contribution is -2.22. The number of nitrogens with zero attached hydrogens (tertiary/aromatic N) is 2. The summed E-state index contributed by atoms with van der Waals surface area (Å²) in [4.78, 5) is 11.2. The second kappa shape index (κ2) is 4.91. The number of carbonyl (C=O) groups excluding carboxylic acids is 1. The van der Waals surface area contributed by atoms with Gasteiger partial charge in [0, 0.05) is 5.56 Å². The summed E-state index contributed by atoms with van der Waals surface area (Å²) in [7, 11) is 0. The molecule has 0 atom stereocenters. The summed E-state index contributed by atoms with van der Waals surface area (Å²) in [5.41, 5.74) is 6.86. The van der Waals surface area contributed by atoms with E-state index in [9.17, 15) is 4.79 Å². The number of carbonyl (C=O) groups is 1. The van der Waals surface area contributed by atoms with Crippen LogP contribution in [0.2, 0.25) is 0 Å². The largest absolute Gasteiger partial charge is 0.437 e. The van der Waals surface area contributed by atoms with Gasteiger partial charge in [-0.2, -0.15) is 4.68 Å². The summed E-state index contributed by atoms with van der Waals surface area (Å²) in [6.07, 6.45) is 0.723. The van der Waals surface area contributed by atoms with Crippen molar-refractivity contribution in [3.63, 3.8) is 0 Å². The van der Waals surface area contributed by atoms with Gasteiger partial charge in [0.15, 0.2) is 0 Å². The van der Waals surface area contributed by atoms with Gasteiger partial charge < -0.3 is 10.5 Å². The molecule has 0 unspecified atom stereocenters. The minimum atomic E-state index is -0.606. The highest BCUT2D eigenvalue weighted by Crippen LogP contribution is 2.26. The molecular formula is C13H15N3O2. The Morgan fingerprint density at radius 1 is 1.39 bits per heavy atom. The number of hydrogen-bond acceptors (Lipinski definition) is 3. The Kier molecular flexibility index (Phi) is 3.32. The van der Waals surface area contributed by atoms with Crippen molar-refractivity contribution in [1.29, 1.82) is 0 Å². The van der Waals surface area contributed by atoms with Crippen LogP contribution in [0.5, 0.6) is 11.6 Å². The maximum Gasteiger partial charge on any atom is 0.339 e. The molecule has 1 aromatic carbocycles. The molecule has 0 bridgehead atoms. The highest BCUT2D eigenvalue weighted by Gasteiger charge is 2.17. The lowest BCUT2D eigenvalue weighted by molar-refractivity contribution is 0.246. The number of nitrogens with two attached hydrogens (primary N) is 1. The lowest BCUT2D eigenvalue weighted by atomic mass is 10.2. The molecule has 2 aromatic rings.